The van der Waals surface area contributed by atoms with Gasteiger partial charge in [-0.05, 0) is 52.4 Å². The third-order valence-electron chi connectivity index (χ3n) is 4.31. The molecule has 0 saturated carbocycles. The second-order valence-electron chi connectivity index (χ2n) is 7.95. The molecule has 1 fully saturated rings. The number of nitrogens with zero attached hydrogens (tertiary/aromatic N) is 2. The number of ether oxygens (including phenoxy) is 1. The van der Waals surface area contributed by atoms with Crippen LogP contribution in [0.1, 0.15) is 27.2 Å². The molecule has 27 heavy (non-hydrogen) atoms. The number of rotatable bonds is 6. The van der Waals surface area contributed by atoms with Crippen molar-refractivity contribution in [3.63, 3.8) is 0 Å². The lowest BCUT2D eigenvalue weighted by Gasteiger charge is -2.25. The molecule has 1 aromatic carbocycles. The average Bonchev–Trinajstić information content (AvgIpc) is 2.78. The molecule has 7 nitrogen and oxygen atoms in total. The summed E-state index contributed by atoms with van der Waals surface area (Å²) in [5, 5.41) is 5.91. The summed E-state index contributed by atoms with van der Waals surface area (Å²) in [6, 6.07) is 7.38. The number of carbonyl (C=O) groups excluding carboxylic acids is 2. The highest BCUT2D eigenvalue weighted by molar-refractivity contribution is 5.93. The quantitative estimate of drug-likeness (QED) is 0.788. The number of hydrogen-bond acceptors (Lipinski definition) is 5. The molecule has 1 aliphatic heterocycles. The van der Waals surface area contributed by atoms with Crippen LogP contribution in [0.25, 0.3) is 0 Å². The first kappa shape index (κ1) is 21.2. The maximum absolute atomic E-state index is 12.4. The van der Waals surface area contributed by atoms with Gasteiger partial charge in [-0.1, -0.05) is 12.1 Å². The van der Waals surface area contributed by atoms with Gasteiger partial charge < -0.3 is 15.4 Å². The smallest absolute Gasteiger partial charge is 0.238 e. The standard InChI is InChI=1S/C20H32N4O3/c1-20(2,3)22-19(26)15-24-11-7-10-23(12-13-24)14-18(25)21-16-8-5-6-9-17(16)27-4/h5-6,8-9H,7,10-15H2,1-4H3,(H,21,25)(H,22,26). The Bertz CT molecular complexity index is 642. The van der Waals surface area contributed by atoms with Crippen LogP contribution in [-0.4, -0.2) is 73.5 Å². The van der Waals surface area contributed by atoms with E-state index in [0.29, 0.717) is 24.5 Å². The van der Waals surface area contributed by atoms with Gasteiger partial charge in [0.15, 0.2) is 0 Å². The highest BCUT2D eigenvalue weighted by atomic mass is 16.5. The molecule has 0 aliphatic carbocycles. The Kier molecular flexibility index (Phi) is 7.62. The lowest BCUT2D eigenvalue weighted by molar-refractivity contribution is -0.123. The van der Waals surface area contributed by atoms with E-state index in [1.54, 1.807) is 7.11 Å². The second kappa shape index (κ2) is 9.71. The minimum Gasteiger partial charge on any atom is -0.495 e. The summed E-state index contributed by atoms with van der Waals surface area (Å²) < 4.78 is 5.27. The first-order valence-electron chi connectivity index (χ1n) is 9.45. The zero-order chi connectivity index (χ0) is 19.9. The third-order valence-corrected chi connectivity index (χ3v) is 4.31. The molecule has 0 spiro atoms. The molecule has 0 aromatic heterocycles. The molecule has 1 heterocycles. The number of para-hydroxylation sites is 2. The predicted molar refractivity (Wildman–Crippen MR) is 107 cm³/mol. The Hall–Kier alpha value is -2.12. The van der Waals surface area contributed by atoms with Crippen LogP contribution in [0.15, 0.2) is 24.3 Å². The summed E-state index contributed by atoms with van der Waals surface area (Å²) in [6.07, 6.45) is 0.935. The van der Waals surface area contributed by atoms with Crippen LogP contribution in [-0.2, 0) is 9.59 Å². The van der Waals surface area contributed by atoms with Gasteiger partial charge in [0.25, 0.3) is 0 Å². The van der Waals surface area contributed by atoms with Crippen LogP contribution < -0.4 is 15.4 Å². The van der Waals surface area contributed by atoms with Gasteiger partial charge in [0.1, 0.15) is 5.75 Å². The van der Waals surface area contributed by atoms with Crippen LogP contribution in [0.4, 0.5) is 5.69 Å². The molecule has 1 aliphatic rings. The Labute approximate surface area is 162 Å². The Morgan fingerprint density at radius 3 is 2.19 bits per heavy atom. The minimum atomic E-state index is -0.217. The fraction of sp³-hybridized carbons (Fsp3) is 0.600. The van der Waals surface area contributed by atoms with E-state index in [1.165, 1.54) is 0 Å². The SMILES string of the molecule is COc1ccccc1NC(=O)CN1CCCN(CC(=O)NC(C)(C)C)CC1. The van der Waals surface area contributed by atoms with Gasteiger partial charge in [0.2, 0.25) is 11.8 Å². The van der Waals surface area contributed by atoms with E-state index < -0.39 is 0 Å². The summed E-state index contributed by atoms with van der Waals surface area (Å²) in [4.78, 5) is 28.8. The third kappa shape index (κ3) is 7.56. The van der Waals surface area contributed by atoms with E-state index >= 15 is 0 Å². The molecule has 2 rings (SSSR count). The van der Waals surface area contributed by atoms with E-state index in [-0.39, 0.29) is 17.4 Å². The van der Waals surface area contributed by atoms with E-state index in [0.717, 1.165) is 32.6 Å². The van der Waals surface area contributed by atoms with E-state index in [4.69, 9.17) is 4.74 Å². The lowest BCUT2D eigenvalue weighted by Crippen LogP contribution is -2.46. The van der Waals surface area contributed by atoms with Gasteiger partial charge in [-0.25, -0.2) is 0 Å². The van der Waals surface area contributed by atoms with Crippen molar-refractivity contribution in [3.05, 3.63) is 24.3 Å². The van der Waals surface area contributed by atoms with E-state index in [9.17, 15) is 9.59 Å². The molecule has 0 radical (unpaired) electrons. The fourth-order valence-corrected chi connectivity index (χ4v) is 3.14. The summed E-state index contributed by atoms with van der Waals surface area (Å²) in [5.74, 6) is 0.640. The van der Waals surface area contributed by atoms with Gasteiger partial charge in [-0.2, -0.15) is 0 Å². The number of hydrogen-bond donors (Lipinski definition) is 2. The molecule has 2 amide bonds. The van der Waals surface area contributed by atoms with Crippen molar-refractivity contribution < 1.29 is 14.3 Å². The highest BCUT2D eigenvalue weighted by Crippen LogP contribution is 2.22. The lowest BCUT2D eigenvalue weighted by atomic mass is 10.1. The predicted octanol–water partition coefficient (Wildman–Crippen LogP) is 1.56. The summed E-state index contributed by atoms with van der Waals surface area (Å²) >= 11 is 0. The van der Waals surface area contributed by atoms with Crippen molar-refractivity contribution in [2.45, 2.75) is 32.7 Å². The first-order chi connectivity index (χ1) is 12.8. The maximum Gasteiger partial charge on any atom is 0.238 e. The van der Waals surface area contributed by atoms with Crippen LogP contribution in [0.3, 0.4) is 0 Å². The van der Waals surface area contributed by atoms with Crippen LogP contribution >= 0.6 is 0 Å². The van der Waals surface area contributed by atoms with Crippen molar-refractivity contribution in [1.82, 2.24) is 15.1 Å². The Morgan fingerprint density at radius 1 is 1.00 bits per heavy atom. The number of nitrogens with one attached hydrogen (secondary N) is 2. The Balaban J connectivity index is 1.80. The summed E-state index contributed by atoms with van der Waals surface area (Å²) in [5.41, 5.74) is 0.464. The molecule has 1 aromatic rings. The molecule has 2 N–H and O–H groups in total. The first-order valence-corrected chi connectivity index (χ1v) is 9.45. The topological polar surface area (TPSA) is 73.9 Å². The zero-order valence-corrected chi connectivity index (χ0v) is 16.9. The van der Waals surface area contributed by atoms with Gasteiger partial charge >= 0.3 is 0 Å². The highest BCUT2D eigenvalue weighted by Gasteiger charge is 2.21. The number of benzene rings is 1. The van der Waals surface area contributed by atoms with Gasteiger partial charge in [-0.3, -0.25) is 19.4 Å². The van der Waals surface area contributed by atoms with E-state index in [2.05, 4.69) is 20.4 Å². The van der Waals surface area contributed by atoms with Gasteiger partial charge in [-0.15, -0.1) is 0 Å². The van der Waals surface area contributed by atoms with Gasteiger partial charge in [0, 0.05) is 18.6 Å². The summed E-state index contributed by atoms with van der Waals surface area (Å²) in [6.45, 7) is 9.93. The number of carbonyl (C=O) groups is 2. The van der Waals surface area contributed by atoms with Crippen molar-refractivity contribution in [3.8, 4) is 5.75 Å². The molecule has 150 valence electrons. The molecule has 1 saturated heterocycles. The van der Waals surface area contributed by atoms with Crippen LogP contribution in [0.2, 0.25) is 0 Å². The average molecular weight is 377 g/mol. The number of anilines is 1. The maximum atomic E-state index is 12.4. The monoisotopic (exact) mass is 376 g/mol. The van der Waals surface area contributed by atoms with Crippen LogP contribution in [0.5, 0.6) is 5.75 Å². The Morgan fingerprint density at radius 2 is 1.59 bits per heavy atom. The zero-order valence-electron chi connectivity index (χ0n) is 16.9. The van der Waals surface area contributed by atoms with Gasteiger partial charge in [0.05, 0.1) is 25.9 Å². The summed E-state index contributed by atoms with van der Waals surface area (Å²) in [7, 11) is 1.59. The second-order valence-corrected chi connectivity index (χ2v) is 7.95. The van der Waals surface area contributed by atoms with E-state index in [1.807, 2.05) is 45.0 Å². The van der Waals surface area contributed by atoms with Crippen molar-refractivity contribution in [2.24, 2.45) is 0 Å². The molecule has 7 heteroatoms. The molecular formula is C20H32N4O3. The van der Waals surface area contributed by atoms with Crippen molar-refractivity contribution >= 4 is 17.5 Å². The molecule has 0 unspecified atom stereocenters. The minimum absolute atomic E-state index is 0.0462. The van der Waals surface area contributed by atoms with Crippen molar-refractivity contribution in [2.75, 3.05) is 51.7 Å². The molecule has 0 atom stereocenters. The fourth-order valence-electron chi connectivity index (χ4n) is 3.14. The molecular weight excluding hydrogens is 344 g/mol. The normalized spacial score (nSPS) is 16.4. The largest absolute Gasteiger partial charge is 0.495 e. The number of methoxy groups -OCH3 is 1. The molecule has 0 bridgehead atoms. The van der Waals surface area contributed by atoms with Crippen molar-refractivity contribution in [1.29, 1.82) is 0 Å². The number of amides is 2. The van der Waals surface area contributed by atoms with Crippen LogP contribution in [0, 0.1) is 0 Å².